The Bertz CT molecular complexity index is 1160. The quantitative estimate of drug-likeness (QED) is 0.412. The molecule has 0 aliphatic carbocycles. The largest absolute Gasteiger partial charge is 0.322 e. The minimum atomic E-state index is -0.632. The molecule has 0 saturated carbocycles. The maximum absolute atomic E-state index is 12.4. The van der Waals surface area contributed by atoms with Gasteiger partial charge in [0.05, 0.1) is 4.92 Å². The van der Waals surface area contributed by atoms with Gasteiger partial charge in [-0.05, 0) is 24.3 Å². The van der Waals surface area contributed by atoms with Gasteiger partial charge in [0.2, 0.25) is 4.96 Å². The summed E-state index contributed by atoms with van der Waals surface area (Å²) in [6, 6.07) is 11.0. The van der Waals surface area contributed by atoms with E-state index in [1.165, 1.54) is 29.8 Å². The fraction of sp³-hybridized carbons (Fsp3) is 0. The number of hydrogen-bond acceptors (Lipinski definition) is 7. The van der Waals surface area contributed by atoms with E-state index in [4.69, 9.17) is 11.6 Å². The van der Waals surface area contributed by atoms with E-state index in [0.29, 0.717) is 10.6 Å². The van der Waals surface area contributed by atoms with Crippen LogP contribution in [0.2, 0.25) is 5.02 Å². The van der Waals surface area contributed by atoms with Crippen molar-refractivity contribution in [3.63, 3.8) is 0 Å². The Hall–Kier alpha value is -3.37. The SMILES string of the molecule is O=C(Nc1cccc(-c2nn3cnnc3s2)c1)c1ccc(Cl)c([N+](=O)[O-])c1. The lowest BCUT2D eigenvalue weighted by atomic mass is 10.1. The van der Waals surface area contributed by atoms with Crippen molar-refractivity contribution in [2.45, 2.75) is 0 Å². The number of anilines is 1. The maximum atomic E-state index is 12.4. The number of halogens is 1. The van der Waals surface area contributed by atoms with Crippen molar-refractivity contribution >= 4 is 45.2 Å². The molecule has 4 rings (SSSR count). The Morgan fingerprint density at radius 1 is 1.26 bits per heavy atom. The van der Waals surface area contributed by atoms with E-state index in [2.05, 4.69) is 20.6 Å². The first-order chi connectivity index (χ1) is 13.0. The topological polar surface area (TPSA) is 115 Å². The number of nitrogens with zero attached hydrogens (tertiary/aromatic N) is 5. The van der Waals surface area contributed by atoms with Crippen molar-refractivity contribution in [3.05, 3.63) is 69.5 Å². The Morgan fingerprint density at radius 2 is 2.11 bits per heavy atom. The molecule has 1 N–H and O–H groups in total. The summed E-state index contributed by atoms with van der Waals surface area (Å²) >= 11 is 7.14. The zero-order chi connectivity index (χ0) is 19.0. The minimum absolute atomic E-state index is 0.0261. The molecule has 0 aliphatic rings. The lowest BCUT2D eigenvalue weighted by Gasteiger charge is -2.07. The second-order valence-electron chi connectivity index (χ2n) is 5.42. The molecule has 0 saturated heterocycles. The molecule has 2 aromatic carbocycles. The van der Waals surface area contributed by atoms with Gasteiger partial charge in [0.1, 0.15) is 16.4 Å². The lowest BCUT2D eigenvalue weighted by Crippen LogP contribution is -2.12. The van der Waals surface area contributed by atoms with Gasteiger partial charge in [-0.3, -0.25) is 14.9 Å². The summed E-state index contributed by atoms with van der Waals surface area (Å²) in [6.45, 7) is 0. The first kappa shape index (κ1) is 17.1. The van der Waals surface area contributed by atoms with Crippen molar-refractivity contribution < 1.29 is 9.72 Å². The van der Waals surface area contributed by atoms with Gasteiger partial charge >= 0.3 is 0 Å². The molecular weight excluding hydrogens is 392 g/mol. The molecule has 0 atom stereocenters. The smallest absolute Gasteiger partial charge is 0.288 e. The number of fused-ring (bicyclic) bond motifs is 1. The van der Waals surface area contributed by atoms with Crippen molar-refractivity contribution in [2.24, 2.45) is 0 Å². The number of amides is 1. The van der Waals surface area contributed by atoms with Crippen LogP contribution in [0.4, 0.5) is 11.4 Å². The Balaban J connectivity index is 1.59. The summed E-state index contributed by atoms with van der Waals surface area (Å²) in [4.78, 5) is 23.4. The monoisotopic (exact) mass is 400 g/mol. The molecule has 134 valence electrons. The highest BCUT2D eigenvalue weighted by molar-refractivity contribution is 7.19. The lowest BCUT2D eigenvalue weighted by molar-refractivity contribution is -0.384. The van der Waals surface area contributed by atoms with Gasteiger partial charge in [-0.25, -0.2) is 0 Å². The number of benzene rings is 2. The molecule has 0 unspecified atom stereocenters. The zero-order valence-electron chi connectivity index (χ0n) is 13.4. The molecule has 27 heavy (non-hydrogen) atoms. The van der Waals surface area contributed by atoms with E-state index >= 15 is 0 Å². The number of nitro groups is 1. The van der Waals surface area contributed by atoms with Crippen LogP contribution in [0.3, 0.4) is 0 Å². The first-order valence-corrected chi connectivity index (χ1v) is 8.73. The van der Waals surface area contributed by atoms with Crippen LogP contribution in [0.5, 0.6) is 0 Å². The average molecular weight is 401 g/mol. The molecule has 1 amide bonds. The third-order valence-electron chi connectivity index (χ3n) is 3.66. The molecule has 2 heterocycles. The van der Waals surface area contributed by atoms with E-state index in [9.17, 15) is 14.9 Å². The van der Waals surface area contributed by atoms with Gasteiger partial charge in [-0.15, -0.1) is 10.2 Å². The van der Waals surface area contributed by atoms with Crippen LogP contribution < -0.4 is 5.32 Å². The predicted molar refractivity (Wildman–Crippen MR) is 100 cm³/mol. The Morgan fingerprint density at radius 3 is 2.89 bits per heavy atom. The van der Waals surface area contributed by atoms with Gasteiger partial charge in [-0.1, -0.05) is 35.1 Å². The number of hydrogen-bond donors (Lipinski definition) is 1. The third kappa shape index (κ3) is 3.35. The van der Waals surface area contributed by atoms with E-state index in [1.807, 2.05) is 6.07 Å². The van der Waals surface area contributed by atoms with Crippen molar-refractivity contribution in [3.8, 4) is 10.6 Å². The standard InChI is InChI=1S/C16H9ClN6O3S/c17-12-5-4-9(7-13(12)23(25)26)14(24)19-11-3-1-2-10(6-11)15-21-22-8-18-20-16(22)27-15/h1-8H,(H,19,24). The van der Waals surface area contributed by atoms with E-state index in [0.717, 1.165) is 16.6 Å². The summed E-state index contributed by atoms with van der Waals surface area (Å²) in [7, 11) is 0. The van der Waals surface area contributed by atoms with Gasteiger partial charge < -0.3 is 5.32 Å². The summed E-state index contributed by atoms with van der Waals surface area (Å²) in [5.74, 6) is -0.481. The number of nitrogens with one attached hydrogen (secondary N) is 1. The molecule has 0 bridgehead atoms. The summed E-state index contributed by atoms with van der Waals surface area (Å²) in [6.07, 6.45) is 1.51. The Labute approximate surface area is 160 Å². The van der Waals surface area contributed by atoms with Crippen LogP contribution in [0.15, 0.2) is 48.8 Å². The van der Waals surface area contributed by atoms with Crippen molar-refractivity contribution in [1.82, 2.24) is 19.8 Å². The highest BCUT2D eigenvalue weighted by atomic mass is 35.5. The fourth-order valence-electron chi connectivity index (χ4n) is 2.40. The molecule has 9 nitrogen and oxygen atoms in total. The van der Waals surface area contributed by atoms with Crippen LogP contribution in [0.1, 0.15) is 10.4 Å². The van der Waals surface area contributed by atoms with E-state index in [1.54, 1.807) is 22.7 Å². The van der Waals surface area contributed by atoms with Crippen LogP contribution in [-0.2, 0) is 0 Å². The van der Waals surface area contributed by atoms with E-state index < -0.39 is 10.8 Å². The summed E-state index contributed by atoms with van der Waals surface area (Å²) in [5, 5.41) is 26.5. The second kappa shape index (κ2) is 6.74. The van der Waals surface area contributed by atoms with Crippen LogP contribution in [0.25, 0.3) is 15.5 Å². The van der Waals surface area contributed by atoms with Gasteiger partial charge in [-0.2, -0.15) is 9.61 Å². The third-order valence-corrected chi connectivity index (χ3v) is 4.94. The molecule has 2 aromatic heterocycles. The summed E-state index contributed by atoms with van der Waals surface area (Å²) in [5.41, 5.74) is 1.14. The molecule has 4 aromatic rings. The highest BCUT2D eigenvalue weighted by Gasteiger charge is 2.17. The zero-order valence-corrected chi connectivity index (χ0v) is 14.9. The number of nitro benzene ring substituents is 1. The van der Waals surface area contributed by atoms with Gasteiger partial charge in [0, 0.05) is 22.9 Å². The highest BCUT2D eigenvalue weighted by Crippen LogP contribution is 2.28. The molecule has 0 radical (unpaired) electrons. The molecule has 0 spiro atoms. The average Bonchev–Trinajstić information content (AvgIpc) is 3.24. The fourth-order valence-corrected chi connectivity index (χ4v) is 3.41. The van der Waals surface area contributed by atoms with Crippen molar-refractivity contribution in [2.75, 3.05) is 5.32 Å². The molecule has 0 aliphatic heterocycles. The maximum Gasteiger partial charge on any atom is 0.288 e. The number of carbonyl (C=O) groups is 1. The molecular formula is C16H9ClN6O3S. The minimum Gasteiger partial charge on any atom is -0.322 e. The van der Waals surface area contributed by atoms with E-state index in [-0.39, 0.29) is 16.3 Å². The van der Waals surface area contributed by atoms with Crippen LogP contribution in [-0.4, -0.2) is 30.6 Å². The number of aromatic nitrogens is 4. The van der Waals surface area contributed by atoms with Crippen LogP contribution in [0, 0.1) is 10.1 Å². The second-order valence-corrected chi connectivity index (χ2v) is 6.79. The van der Waals surface area contributed by atoms with Crippen LogP contribution >= 0.6 is 22.9 Å². The predicted octanol–water partition coefficient (Wildman–Crippen LogP) is 3.67. The van der Waals surface area contributed by atoms with Gasteiger partial charge in [0.25, 0.3) is 11.6 Å². The first-order valence-electron chi connectivity index (χ1n) is 7.54. The number of carbonyl (C=O) groups excluding carboxylic acids is 1. The van der Waals surface area contributed by atoms with Gasteiger partial charge in [0.15, 0.2) is 0 Å². The summed E-state index contributed by atoms with van der Waals surface area (Å²) < 4.78 is 1.57. The molecule has 0 fully saturated rings. The number of rotatable bonds is 4. The Kier molecular flexibility index (Phi) is 4.26. The van der Waals surface area contributed by atoms with Crippen molar-refractivity contribution in [1.29, 1.82) is 0 Å². The normalized spacial score (nSPS) is 10.9. The molecule has 11 heteroatoms.